The molecule has 1 aromatic carbocycles. The maximum atomic E-state index is 14.1. The summed E-state index contributed by atoms with van der Waals surface area (Å²) in [6.45, 7) is 5.07. The molecule has 0 aliphatic carbocycles. The fourth-order valence-electron chi connectivity index (χ4n) is 1.70. The Balaban J connectivity index is 2.27. The number of esters is 1. The van der Waals surface area contributed by atoms with Gasteiger partial charge in [-0.3, -0.25) is 0 Å². The van der Waals surface area contributed by atoms with E-state index in [1.165, 1.54) is 12.1 Å². The second-order valence-electron chi connectivity index (χ2n) is 5.53. The Bertz CT molecular complexity index is 661. The summed E-state index contributed by atoms with van der Waals surface area (Å²) in [5.74, 6) is -1.35. The van der Waals surface area contributed by atoms with Gasteiger partial charge < -0.3 is 9.84 Å². The van der Waals surface area contributed by atoms with Crippen LogP contribution in [0.15, 0.2) is 24.3 Å². The van der Waals surface area contributed by atoms with Crippen molar-refractivity contribution in [2.75, 3.05) is 0 Å². The molecule has 1 aromatic heterocycles. The summed E-state index contributed by atoms with van der Waals surface area (Å²) in [5.41, 5.74) is 0.341. The van der Waals surface area contributed by atoms with Crippen molar-refractivity contribution in [3.63, 3.8) is 0 Å². The number of ether oxygens (including phenoxy) is 1. The second kappa shape index (κ2) is 5.91. The molecule has 1 heterocycles. The Morgan fingerprint density at radius 1 is 1.38 bits per heavy atom. The van der Waals surface area contributed by atoms with Crippen LogP contribution in [-0.4, -0.2) is 21.1 Å². The number of benzene rings is 1. The van der Waals surface area contributed by atoms with Crippen LogP contribution in [0.4, 0.5) is 4.39 Å². The van der Waals surface area contributed by atoms with E-state index < -0.39 is 17.4 Å². The van der Waals surface area contributed by atoms with Crippen LogP contribution in [-0.2, 0) is 11.3 Å². The van der Waals surface area contributed by atoms with Crippen molar-refractivity contribution in [1.82, 2.24) is 4.37 Å². The van der Waals surface area contributed by atoms with Crippen molar-refractivity contribution < 1.29 is 19.0 Å². The first-order valence-electron chi connectivity index (χ1n) is 6.40. The van der Waals surface area contributed by atoms with Crippen LogP contribution >= 0.6 is 11.5 Å². The largest absolute Gasteiger partial charge is 0.456 e. The highest BCUT2D eigenvalue weighted by atomic mass is 32.1. The van der Waals surface area contributed by atoms with Crippen molar-refractivity contribution in [2.45, 2.75) is 33.0 Å². The predicted octanol–water partition coefficient (Wildman–Crippen LogP) is 3.40. The van der Waals surface area contributed by atoms with Gasteiger partial charge in [-0.1, -0.05) is 6.07 Å². The average molecular weight is 309 g/mol. The second-order valence-corrected chi connectivity index (χ2v) is 6.42. The number of aromatic nitrogens is 1. The summed E-state index contributed by atoms with van der Waals surface area (Å²) in [4.78, 5) is 12.6. The van der Waals surface area contributed by atoms with E-state index in [9.17, 15) is 9.18 Å². The zero-order valence-corrected chi connectivity index (χ0v) is 12.8. The normalized spacial score (nSPS) is 11.5. The minimum Gasteiger partial charge on any atom is -0.456 e. The number of halogens is 1. The minimum absolute atomic E-state index is 0.101. The van der Waals surface area contributed by atoms with Crippen molar-refractivity contribution in [2.24, 2.45) is 0 Å². The predicted molar refractivity (Wildman–Crippen MR) is 78.6 cm³/mol. The van der Waals surface area contributed by atoms with Crippen molar-refractivity contribution in [1.29, 1.82) is 0 Å². The SMILES string of the molecule is CC(C)(C)OC(=O)c1ccc(-c2cc(CO)sn2)cc1F. The molecule has 2 rings (SSSR count). The number of rotatable bonds is 3. The Labute approximate surface area is 126 Å². The van der Waals surface area contributed by atoms with Crippen LogP contribution < -0.4 is 0 Å². The summed E-state index contributed by atoms with van der Waals surface area (Å²) in [5, 5.41) is 9.01. The molecule has 0 saturated heterocycles. The number of hydrogen-bond donors (Lipinski definition) is 1. The molecule has 6 heteroatoms. The van der Waals surface area contributed by atoms with E-state index in [-0.39, 0.29) is 12.2 Å². The molecule has 0 unspecified atom stereocenters. The topological polar surface area (TPSA) is 59.4 Å². The Kier molecular flexibility index (Phi) is 4.39. The third-order valence-corrected chi connectivity index (χ3v) is 3.37. The Morgan fingerprint density at radius 2 is 2.10 bits per heavy atom. The lowest BCUT2D eigenvalue weighted by molar-refractivity contribution is 0.00648. The summed E-state index contributed by atoms with van der Waals surface area (Å²) >= 11 is 1.15. The first-order valence-corrected chi connectivity index (χ1v) is 7.17. The van der Waals surface area contributed by atoms with Gasteiger partial charge in [-0.2, -0.15) is 4.37 Å². The highest BCUT2D eigenvalue weighted by Gasteiger charge is 2.21. The van der Waals surface area contributed by atoms with Gasteiger partial charge in [0.2, 0.25) is 0 Å². The molecule has 0 bridgehead atoms. The highest BCUT2D eigenvalue weighted by Crippen LogP contribution is 2.25. The third kappa shape index (κ3) is 3.86. The number of hydrogen-bond acceptors (Lipinski definition) is 5. The zero-order chi connectivity index (χ0) is 15.6. The van der Waals surface area contributed by atoms with Gasteiger partial charge in [0.1, 0.15) is 11.4 Å². The van der Waals surface area contributed by atoms with E-state index in [0.717, 1.165) is 11.5 Å². The lowest BCUT2D eigenvalue weighted by Gasteiger charge is -2.19. The van der Waals surface area contributed by atoms with Gasteiger partial charge >= 0.3 is 5.97 Å². The molecule has 1 N–H and O–H groups in total. The van der Waals surface area contributed by atoms with Gasteiger partial charge in [0.05, 0.1) is 22.7 Å². The number of carbonyl (C=O) groups excluding carboxylic acids is 1. The molecule has 0 aliphatic rings. The van der Waals surface area contributed by atoms with E-state index in [4.69, 9.17) is 9.84 Å². The van der Waals surface area contributed by atoms with Gasteiger partial charge in [0.15, 0.2) is 0 Å². The Hall–Kier alpha value is -1.79. The van der Waals surface area contributed by atoms with Crippen LogP contribution in [0.5, 0.6) is 0 Å². The molecular weight excluding hydrogens is 293 g/mol. The summed E-state index contributed by atoms with van der Waals surface area (Å²) < 4.78 is 23.4. The molecule has 0 saturated carbocycles. The quantitative estimate of drug-likeness (QED) is 0.883. The molecule has 0 aliphatic heterocycles. The van der Waals surface area contributed by atoms with Crippen molar-refractivity contribution in [3.05, 3.63) is 40.5 Å². The van der Waals surface area contributed by atoms with E-state index in [2.05, 4.69) is 4.37 Å². The summed E-state index contributed by atoms with van der Waals surface area (Å²) in [6, 6.07) is 5.93. The molecule has 0 radical (unpaired) electrons. The van der Waals surface area contributed by atoms with Crippen LogP contribution in [0.1, 0.15) is 36.0 Å². The van der Waals surface area contributed by atoms with Gasteiger partial charge in [-0.15, -0.1) is 0 Å². The number of aliphatic hydroxyl groups excluding tert-OH is 1. The minimum atomic E-state index is -0.694. The molecular formula is C15H16FNO3S. The van der Waals surface area contributed by atoms with E-state index in [0.29, 0.717) is 16.1 Å². The highest BCUT2D eigenvalue weighted by molar-refractivity contribution is 7.06. The van der Waals surface area contributed by atoms with Gasteiger partial charge in [-0.25, -0.2) is 9.18 Å². The van der Waals surface area contributed by atoms with Crippen LogP contribution in [0, 0.1) is 5.82 Å². The lowest BCUT2D eigenvalue weighted by Crippen LogP contribution is -2.24. The van der Waals surface area contributed by atoms with Crippen LogP contribution in [0.3, 0.4) is 0 Å². The van der Waals surface area contributed by atoms with E-state index in [1.54, 1.807) is 32.9 Å². The number of aliphatic hydroxyl groups is 1. The molecule has 0 fully saturated rings. The first kappa shape index (κ1) is 15.6. The third-order valence-electron chi connectivity index (χ3n) is 2.60. The lowest BCUT2D eigenvalue weighted by atomic mass is 10.1. The van der Waals surface area contributed by atoms with Gasteiger partial charge in [0, 0.05) is 5.56 Å². The zero-order valence-electron chi connectivity index (χ0n) is 12.0. The van der Waals surface area contributed by atoms with E-state index >= 15 is 0 Å². The molecule has 112 valence electrons. The number of nitrogens with zero attached hydrogens (tertiary/aromatic N) is 1. The molecule has 0 atom stereocenters. The van der Waals surface area contributed by atoms with Crippen LogP contribution in [0.2, 0.25) is 0 Å². The monoisotopic (exact) mass is 309 g/mol. The molecule has 0 amide bonds. The van der Waals surface area contributed by atoms with Gasteiger partial charge in [0.25, 0.3) is 0 Å². The van der Waals surface area contributed by atoms with Crippen molar-refractivity contribution >= 4 is 17.5 Å². The maximum Gasteiger partial charge on any atom is 0.341 e. The van der Waals surface area contributed by atoms with E-state index in [1.807, 2.05) is 0 Å². The summed E-state index contributed by atoms with van der Waals surface area (Å²) in [7, 11) is 0. The smallest absolute Gasteiger partial charge is 0.341 e. The molecule has 0 spiro atoms. The first-order chi connectivity index (χ1) is 9.80. The molecule has 2 aromatic rings. The van der Waals surface area contributed by atoms with Crippen LogP contribution in [0.25, 0.3) is 11.3 Å². The Morgan fingerprint density at radius 3 is 2.62 bits per heavy atom. The van der Waals surface area contributed by atoms with Gasteiger partial charge in [-0.05, 0) is 50.5 Å². The summed E-state index contributed by atoms with van der Waals surface area (Å²) in [6.07, 6.45) is 0. The fourth-order valence-corrected chi connectivity index (χ4v) is 2.29. The fraction of sp³-hybridized carbons (Fsp3) is 0.333. The molecule has 4 nitrogen and oxygen atoms in total. The molecule has 21 heavy (non-hydrogen) atoms. The standard InChI is InChI=1S/C15H16FNO3S/c1-15(2,3)20-14(19)11-5-4-9(6-12(11)16)13-7-10(8-18)21-17-13/h4-7,18H,8H2,1-3H3. The number of carbonyl (C=O) groups is 1. The van der Waals surface area contributed by atoms with Crippen molar-refractivity contribution in [3.8, 4) is 11.3 Å². The average Bonchev–Trinajstić information content (AvgIpc) is 2.85. The maximum absolute atomic E-state index is 14.1.